The Hall–Kier alpha value is -2.35. The van der Waals surface area contributed by atoms with E-state index in [4.69, 9.17) is 9.47 Å². The molecular formula is C22H23O3P. The van der Waals surface area contributed by atoms with Crippen molar-refractivity contribution >= 4 is 19.2 Å². The van der Waals surface area contributed by atoms with E-state index < -0.39 is 0 Å². The van der Waals surface area contributed by atoms with Crippen LogP contribution in [0.25, 0.3) is 0 Å². The van der Waals surface area contributed by atoms with Gasteiger partial charge in [-0.25, -0.2) is 0 Å². The van der Waals surface area contributed by atoms with Gasteiger partial charge in [0, 0.05) is 5.30 Å². The Morgan fingerprint density at radius 1 is 0.923 bits per heavy atom. The Labute approximate surface area is 156 Å². The van der Waals surface area contributed by atoms with Crippen LogP contribution in [0, 0.1) is 6.92 Å². The van der Waals surface area contributed by atoms with Gasteiger partial charge in [-0.05, 0) is 35.0 Å². The number of aliphatic hydroxyl groups excluding tert-OH is 1. The third kappa shape index (κ3) is 4.24. The molecule has 1 unspecified atom stereocenters. The summed E-state index contributed by atoms with van der Waals surface area (Å²) in [5.41, 5.74) is 3.24. The zero-order valence-corrected chi connectivity index (χ0v) is 16.0. The maximum Gasteiger partial charge on any atom is 0.169 e. The topological polar surface area (TPSA) is 38.7 Å². The van der Waals surface area contributed by atoms with Crippen LogP contribution in [-0.4, -0.2) is 12.2 Å². The van der Waals surface area contributed by atoms with Crippen LogP contribution in [0.3, 0.4) is 0 Å². The van der Waals surface area contributed by atoms with E-state index in [-0.39, 0.29) is 6.61 Å². The van der Waals surface area contributed by atoms with Gasteiger partial charge in [0.1, 0.15) is 6.61 Å². The van der Waals surface area contributed by atoms with Gasteiger partial charge in [-0.2, -0.15) is 0 Å². The maximum absolute atomic E-state index is 9.69. The molecule has 0 saturated carbocycles. The molecular weight excluding hydrogens is 343 g/mol. The second-order valence-corrected chi connectivity index (χ2v) is 7.29. The highest BCUT2D eigenvalue weighted by Crippen LogP contribution is 2.31. The molecule has 3 rings (SSSR count). The first-order valence-electron chi connectivity index (χ1n) is 8.53. The summed E-state index contributed by atoms with van der Waals surface area (Å²) < 4.78 is 11.7. The SMILES string of the molecule is COc1cccc(Pc2c(C)cccc2CO)c1OCc1ccccc1. The fourth-order valence-corrected chi connectivity index (χ4v) is 4.19. The van der Waals surface area contributed by atoms with Crippen molar-refractivity contribution in [1.29, 1.82) is 0 Å². The van der Waals surface area contributed by atoms with E-state index in [0.717, 1.165) is 33.2 Å². The molecule has 3 aromatic rings. The van der Waals surface area contributed by atoms with Crippen LogP contribution in [-0.2, 0) is 13.2 Å². The summed E-state index contributed by atoms with van der Waals surface area (Å²) >= 11 is 0. The molecule has 0 fully saturated rings. The summed E-state index contributed by atoms with van der Waals surface area (Å²) in [4.78, 5) is 0. The largest absolute Gasteiger partial charge is 0.493 e. The third-order valence-electron chi connectivity index (χ3n) is 4.21. The standard InChI is InChI=1S/C22H23O3P/c1-16-8-6-11-18(14-23)22(16)26-20-13-7-12-19(24-2)21(20)25-15-17-9-4-3-5-10-17/h3-13,23,26H,14-15H2,1-2H3. The van der Waals surface area contributed by atoms with Gasteiger partial charge in [-0.15, -0.1) is 0 Å². The molecule has 134 valence electrons. The molecule has 0 spiro atoms. The molecule has 0 radical (unpaired) electrons. The van der Waals surface area contributed by atoms with E-state index in [1.54, 1.807) is 7.11 Å². The molecule has 4 heteroatoms. The number of rotatable bonds is 7. The summed E-state index contributed by atoms with van der Waals surface area (Å²) in [7, 11) is 2.04. The Kier molecular flexibility index (Phi) is 6.27. The lowest BCUT2D eigenvalue weighted by Gasteiger charge is -2.17. The molecule has 0 aliphatic rings. The number of aryl methyl sites for hydroxylation is 1. The second-order valence-electron chi connectivity index (χ2n) is 6.00. The molecule has 26 heavy (non-hydrogen) atoms. The summed E-state index contributed by atoms with van der Waals surface area (Å²) in [5, 5.41) is 11.9. The number of para-hydroxylation sites is 1. The fourth-order valence-electron chi connectivity index (χ4n) is 2.83. The van der Waals surface area contributed by atoms with Gasteiger partial charge < -0.3 is 14.6 Å². The van der Waals surface area contributed by atoms with Crippen molar-refractivity contribution in [1.82, 2.24) is 0 Å². The van der Waals surface area contributed by atoms with Crippen molar-refractivity contribution in [2.45, 2.75) is 20.1 Å². The molecule has 0 saturated heterocycles. The van der Waals surface area contributed by atoms with E-state index >= 15 is 0 Å². The van der Waals surface area contributed by atoms with Gasteiger partial charge in [0.2, 0.25) is 0 Å². The minimum Gasteiger partial charge on any atom is -0.493 e. The summed E-state index contributed by atoms with van der Waals surface area (Å²) in [5.74, 6) is 1.49. The van der Waals surface area contributed by atoms with Crippen molar-refractivity contribution in [2.75, 3.05) is 7.11 Å². The van der Waals surface area contributed by atoms with Crippen LogP contribution >= 0.6 is 8.58 Å². The predicted octanol–water partition coefficient (Wildman–Crippen LogP) is 3.70. The number of hydrogen-bond donors (Lipinski definition) is 1. The van der Waals surface area contributed by atoms with Crippen LogP contribution in [0.5, 0.6) is 11.5 Å². The van der Waals surface area contributed by atoms with E-state index in [0.29, 0.717) is 15.2 Å². The minimum atomic E-state index is 0.0359. The number of ether oxygens (including phenoxy) is 2. The number of aliphatic hydroxyl groups is 1. The molecule has 3 nitrogen and oxygen atoms in total. The fraction of sp³-hybridized carbons (Fsp3) is 0.182. The van der Waals surface area contributed by atoms with Gasteiger partial charge in [0.05, 0.1) is 13.7 Å². The van der Waals surface area contributed by atoms with Crippen LogP contribution in [0.1, 0.15) is 16.7 Å². The Morgan fingerprint density at radius 3 is 2.42 bits per heavy atom. The zero-order chi connectivity index (χ0) is 18.4. The molecule has 0 aliphatic carbocycles. The summed E-state index contributed by atoms with van der Waals surface area (Å²) in [6.07, 6.45) is 0. The smallest absolute Gasteiger partial charge is 0.169 e. The van der Waals surface area contributed by atoms with Gasteiger partial charge in [-0.1, -0.05) is 69.2 Å². The van der Waals surface area contributed by atoms with E-state index in [1.807, 2.05) is 54.6 Å². The summed E-state index contributed by atoms with van der Waals surface area (Å²) in [6, 6.07) is 22.1. The lowest BCUT2D eigenvalue weighted by molar-refractivity contribution is 0.283. The average molecular weight is 366 g/mol. The van der Waals surface area contributed by atoms with Crippen LogP contribution < -0.4 is 20.1 Å². The highest BCUT2D eigenvalue weighted by molar-refractivity contribution is 7.56. The first-order chi connectivity index (χ1) is 12.7. The highest BCUT2D eigenvalue weighted by atomic mass is 31.1. The van der Waals surface area contributed by atoms with E-state index in [2.05, 4.69) is 19.1 Å². The average Bonchev–Trinajstić information content (AvgIpc) is 2.69. The molecule has 0 heterocycles. The lowest BCUT2D eigenvalue weighted by atomic mass is 10.1. The lowest BCUT2D eigenvalue weighted by Crippen LogP contribution is -2.15. The van der Waals surface area contributed by atoms with Gasteiger partial charge in [0.15, 0.2) is 11.5 Å². The van der Waals surface area contributed by atoms with Crippen LogP contribution in [0.2, 0.25) is 0 Å². The molecule has 0 bridgehead atoms. The van der Waals surface area contributed by atoms with Gasteiger partial charge in [-0.3, -0.25) is 0 Å². The van der Waals surface area contributed by atoms with Crippen LogP contribution in [0.15, 0.2) is 66.7 Å². The van der Waals surface area contributed by atoms with Crippen molar-refractivity contribution in [3.63, 3.8) is 0 Å². The van der Waals surface area contributed by atoms with Gasteiger partial charge in [0.25, 0.3) is 0 Å². The number of benzene rings is 3. The Balaban J connectivity index is 1.92. The Bertz CT molecular complexity index is 863. The molecule has 0 amide bonds. The Morgan fingerprint density at radius 2 is 1.69 bits per heavy atom. The monoisotopic (exact) mass is 366 g/mol. The van der Waals surface area contributed by atoms with Gasteiger partial charge >= 0.3 is 0 Å². The molecule has 3 aromatic carbocycles. The maximum atomic E-state index is 9.69. The number of hydrogen-bond acceptors (Lipinski definition) is 3. The molecule has 0 aromatic heterocycles. The molecule has 0 aliphatic heterocycles. The second kappa shape index (κ2) is 8.84. The molecule has 1 atom stereocenters. The van der Waals surface area contributed by atoms with Crippen molar-refractivity contribution in [3.8, 4) is 11.5 Å². The predicted molar refractivity (Wildman–Crippen MR) is 108 cm³/mol. The van der Waals surface area contributed by atoms with E-state index in [1.165, 1.54) is 5.56 Å². The molecule has 1 N–H and O–H groups in total. The van der Waals surface area contributed by atoms with Crippen molar-refractivity contribution in [3.05, 3.63) is 83.4 Å². The van der Waals surface area contributed by atoms with Crippen LogP contribution in [0.4, 0.5) is 0 Å². The highest BCUT2D eigenvalue weighted by Gasteiger charge is 2.14. The first kappa shape index (κ1) is 18.4. The first-order valence-corrected chi connectivity index (χ1v) is 9.53. The summed E-state index contributed by atoms with van der Waals surface area (Å²) in [6.45, 7) is 2.60. The minimum absolute atomic E-state index is 0.0359. The van der Waals surface area contributed by atoms with E-state index in [9.17, 15) is 5.11 Å². The zero-order valence-electron chi connectivity index (χ0n) is 15.0. The van der Waals surface area contributed by atoms with Crippen molar-refractivity contribution in [2.24, 2.45) is 0 Å². The third-order valence-corrected chi connectivity index (χ3v) is 5.84. The quantitative estimate of drug-likeness (QED) is 0.648. The van der Waals surface area contributed by atoms with Crippen molar-refractivity contribution < 1.29 is 14.6 Å². The number of methoxy groups -OCH3 is 1. The normalized spacial score (nSPS) is 11.0.